The van der Waals surface area contributed by atoms with Crippen LogP contribution < -0.4 is 10.5 Å². The SMILES string of the molecule is CC(=O)CCCOc1nc(Cl)cc(C(F)(F)F)c1C(N)=O. The Morgan fingerprint density at radius 3 is 2.52 bits per heavy atom. The number of hydrogen-bond acceptors (Lipinski definition) is 4. The van der Waals surface area contributed by atoms with E-state index in [1.54, 1.807) is 0 Å². The van der Waals surface area contributed by atoms with Gasteiger partial charge in [0.2, 0.25) is 5.88 Å². The van der Waals surface area contributed by atoms with Gasteiger partial charge in [0.05, 0.1) is 12.2 Å². The molecule has 0 spiro atoms. The molecule has 1 aromatic rings. The summed E-state index contributed by atoms with van der Waals surface area (Å²) in [5, 5.41) is -0.478. The van der Waals surface area contributed by atoms with Crippen molar-refractivity contribution in [2.75, 3.05) is 6.61 Å². The minimum Gasteiger partial charge on any atom is -0.477 e. The molecule has 2 N–H and O–H groups in total. The largest absolute Gasteiger partial charge is 0.477 e. The van der Waals surface area contributed by atoms with Crippen molar-refractivity contribution in [2.24, 2.45) is 5.73 Å². The van der Waals surface area contributed by atoms with Gasteiger partial charge in [-0.3, -0.25) is 4.79 Å². The van der Waals surface area contributed by atoms with Crippen molar-refractivity contribution in [1.29, 1.82) is 0 Å². The average molecular weight is 325 g/mol. The van der Waals surface area contributed by atoms with Crippen LogP contribution in [0.2, 0.25) is 5.15 Å². The molecular formula is C12H12ClF3N2O3. The number of Topliss-reactive ketones (excluding diaryl/α,β-unsaturated/α-hetero) is 1. The minimum atomic E-state index is -4.82. The molecule has 0 unspecified atom stereocenters. The summed E-state index contributed by atoms with van der Waals surface area (Å²) >= 11 is 5.50. The zero-order valence-electron chi connectivity index (χ0n) is 11.0. The predicted octanol–water partition coefficient (Wildman–Crippen LogP) is 2.60. The van der Waals surface area contributed by atoms with E-state index in [0.29, 0.717) is 6.07 Å². The van der Waals surface area contributed by atoms with Crippen molar-refractivity contribution in [2.45, 2.75) is 25.9 Å². The molecule has 0 aliphatic heterocycles. The molecule has 0 aromatic carbocycles. The number of ketones is 1. The second-order valence-electron chi connectivity index (χ2n) is 4.19. The molecule has 21 heavy (non-hydrogen) atoms. The molecule has 0 aliphatic rings. The van der Waals surface area contributed by atoms with Crippen LogP contribution >= 0.6 is 11.6 Å². The molecule has 1 heterocycles. The van der Waals surface area contributed by atoms with E-state index < -0.39 is 34.2 Å². The number of nitrogens with zero attached hydrogens (tertiary/aromatic N) is 1. The fourth-order valence-corrected chi connectivity index (χ4v) is 1.73. The summed E-state index contributed by atoms with van der Waals surface area (Å²) in [6.07, 6.45) is -4.36. The maximum Gasteiger partial charge on any atom is 0.417 e. The van der Waals surface area contributed by atoms with Crippen molar-refractivity contribution >= 4 is 23.3 Å². The number of rotatable bonds is 6. The number of carbonyl (C=O) groups is 2. The first-order valence-electron chi connectivity index (χ1n) is 5.82. The highest BCUT2D eigenvalue weighted by Crippen LogP contribution is 2.36. The molecule has 0 atom stereocenters. The van der Waals surface area contributed by atoms with Gasteiger partial charge in [-0.2, -0.15) is 13.2 Å². The van der Waals surface area contributed by atoms with Crippen molar-refractivity contribution in [3.63, 3.8) is 0 Å². The van der Waals surface area contributed by atoms with Crippen LogP contribution in [0.25, 0.3) is 0 Å². The monoisotopic (exact) mass is 324 g/mol. The number of hydrogen-bond donors (Lipinski definition) is 1. The van der Waals surface area contributed by atoms with Crippen LogP contribution in [0, 0.1) is 0 Å². The Morgan fingerprint density at radius 2 is 2.05 bits per heavy atom. The van der Waals surface area contributed by atoms with E-state index >= 15 is 0 Å². The number of nitrogens with two attached hydrogens (primary N) is 1. The topological polar surface area (TPSA) is 82.3 Å². The Morgan fingerprint density at radius 1 is 1.43 bits per heavy atom. The minimum absolute atomic E-state index is 0.0928. The smallest absolute Gasteiger partial charge is 0.417 e. The molecule has 1 amide bonds. The van der Waals surface area contributed by atoms with Gasteiger partial charge in [-0.1, -0.05) is 11.6 Å². The molecule has 1 aromatic heterocycles. The van der Waals surface area contributed by atoms with E-state index in [0.717, 1.165) is 0 Å². The van der Waals surface area contributed by atoms with Crippen LogP contribution in [0.4, 0.5) is 13.2 Å². The van der Waals surface area contributed by atoms with Gasteiger partial charge >= 0.3 is 6.18 Å². The quantitative estimate of drug-likeness (QED) is 0.644. The van der Waals surface area contributed by atoms with Crippen molar-refractivity contribution in [3.8, 4) is 5.88 Å². The van der Waals surface area contributed by atoms with Gasteiger partial charge in [-0.25, -0.2) is 4.98 Å². The van der Waals surface area contributed by atoms with Crippen molar-refractivity contribution < 1.29 is 27.5 Å². The van der Waals surface area contributed by atoms with E-state index in [2.05, 4.69) is 4.98 Å². The van der Waals surface area contributed by atoms with Crippen molar-refractivity contribution in [1.82, 2.24) is 4.98 Å². The Balaban J connectivity index is 3.10. The zero-order chi connectivity index (χ0) is 16.2. The van der Waals surface area contributed by atoms with Crippen molar-refractivity contribution in [3.05, 3.63) is 22.3 Å². The first-order valence-corrected chi connectivity index (χ1v) is 6.20. The number of primary amides is 1. The third-order valence-corrected chi connectivity index (χ3v) is 2.61. The van der Waals surface area contributed by atoms with E-state index in [-0.39, 0.29) is 25.2 Å². The summed E-state index contributed by atoms with van der Waals surface area (Å²) in [4.78, 5) is 25.5. The summed E-state index contributed by atoms with van der Waals surface area (Å²) in [5.74, 6) is -2.01. The van der Waals surface area contributed by atoms with Crippen LogP contribution in [0.5, 0.6) is 5.88 Å². The van der Waals surface area contributed by atoms with E-state index in [9.17, 15) is 22.8 Å². The average Bonchev–Trinajstić information content (AvgIpc) is 2.32. The van der Waals surface area contributed by atoms with Gasteiger partial charge in [0, 0.05) is 6.42 Å². The molecule has 0 radical (unpaired) electrons. The second-order valence-corrected chi connectivity index (χ2v) is 4.58. The lowest BCUT2D eigenvalue weighted by Crippen LogP contribution is -2.21. The predicted molar refractivity (Wildman–Crippen MR) is 68.2 cm³/mol. The first-order chi connectivity index (χ1) is 9.62. The number of halogens is 4. The molecule has 9 heteroatoms. The summed E-state index contributed by atoms with van der Waals surface area (Å²) in [6.45, 7) is 1.28. The number of ether oxygens (including phenoxy) is 1. The second kappa shape index (κ2) is 6.75. The highest BCUT2D eigenvalue weighted by molar-refractivity contribution is 6.29. The van der Waals surface area contributed by atoms with Crippen LogP contribution in [0.3, 0.4) is 0 Å². The van der Waals surface area contributed by atoms with Crippen LogP contribution in [-0.4, -0.2) is 23.3 Å². The number of amides is 1. The number of carbonyl (C=O) groups excluding carboxylic acids is 2. The van der Waals surface area contributed by atoms with Crippen LogP contribution in [0.15, 0.2) is 6.07 Å². The van der Waals surface area contributed by atoms with E-state index in [1.165, 1.54) is 6.92 Å². The van der Waals surface area contributed by atoms with Crippen LogP contribution in [-0.2, 0) is 11.0 Å². The fourth-order valence-electron chi connectivity index (χ4n) is 1.55. The lowest BCUT2D eigenvalue weighted by molar-refractivity contribution is -0.138. The summed E-state index contributed by atoms with van der Waals surface area (Å²) in [6, 6.07) is 0.504. The Kier molecular flexibility index (Phi) is 5.54. The van der Waals surface area contributed by atoms with E-state index in [4.69, 9.17) is 22.1 Å². The molecule has 0 saturated carbocycles. The fraction of sp³-hybridized carbons (Fsp3) is 0.417. The van der Waals surface area contributed by atoms with Gasteiger partial charge in [0.25, 0.3) is 5.91 Å². The first kappa shape index (κ1) is 17.2. The van der Waals surface area contributed by atoms with E-state index in [1.807, 2.05) is 0 Å². The normalized spacial score (nSPS) is 11.3. The molecule has 0 fully saturated rings. The number of aromatic nitrogens is 1. The van der Waals surface area contributed by atoms with Crippen LogP contribution in [0.1, 0.15) is 35.7 Å². The lowest BCUT2D eigenvalue weighted by Gasteiger charge is -2.15. The highest BCUT2D eigenvalue weighted by atomic mass is 35.5. The molecule has 0 aliphatic carbocycles. The Labute approximate surface area is 123 Å². The molecule has 0 bridgehead atoms. The third-order valence-electron chi connectivity index (χ3n) is 2.42. The maximum absolute atomic E-state index is 12.9. The van der Waals surface area contributed by atoms with Gasteiger partial charge in [0.15, 0.2) is 0 Å². The number of alkyl halides is 3. The van der Waals surface area contributed by atoms with Gasteiger partial charge in [0.1, 0.15) is 16.5 Å². The summed E-state index contributed by atoms with van der Waals surface area (Å²) in [5.41, 5.74) is 2.77. The molecule has 1 rings (SSSR count). The molecule has 0 saturated heterocycles. The zero-order valence-corrected chi connectivity index (χ0v) is 11.7. The molecular weight excluding hydrogens is 313 g/mol. The summed E-state index contributed by atoms with van der Waals surface area (Å²) < 4.78 is 43.6. The van der Waals surface area contributed by atoms with Gasteiger partial charge in [-0.15, -0.1) is 0 Å². The molecule has 116 valence electrons. The summed E-state index contributed by atoms with van der Waals surface area (Å²) in [7, 11) is 0. The van der Waals surface area contributed by atoms with Gasteiger partial charge < -0.3 is 15.3 Å². The lowest BCUT2D eigenvalue weighted by atomic mass is 10.1. The van der Waals surface area contributed by atoms with Gasteiger partial charge in [-0.05, 0) is 19.4 Å². The Hall–Kier alpha value is -1.83. The third kappa shape index (κ3) is 4.89. The standard InChI is InChI=1S/C12H12ClF3N2O3/c1-6(19)3-2-4-21-11-9(10(17)20)7(12(14,15)16)5-8(13)18-11/h5H,2-4H2,1H3,(H2,17,20). The number of pyridine rings is 1. The maximum atomic E-state index is 12.9. The Bertz CT molecular complexity index is 561. The highest BCUT2D eigenvalue weighted by Gasteiger charge is 2.37. The molecule has 5 nitrogen and oxygen atoms in total.